The van der Waals surface area contributed by atoms with Gasteiger partial charge in [-0.05, 0) is 19.4 Å². The molecular weight excluding hydrogens is 155 g/mol. The van der Waals surface area contributed by atoms with E-state index >= 15 is 0 Å². The Hall–Kier alpha value is -0.250. The molecule has 1 aliphatic rings. The molecule has 66 valence electrons. The van der Waals surface area contributed by atoms with Gasteiger partial charge >= 0.3 is 6.18 Å². The van der Waals surface area contributed by atoms with Gasteiger partial charge in [0.2, 0.25) is 0 Å². The molecule has 0 aromatic heterocycles. The van der Waals surface area contributed by atoms with E-state index in [4.69, 9.17) is 0 Å². The first-order valence-corrected chi connectivity index (χ1v) is 3.91. The molecule has 1 saturated heterocycles. The van der Waals surface area contributed by atoms with Gasteiger partial charge in [0.1, 0.15) is 6.04 Å². The number of hydrogen-bond donors (Lipinski definition) is 1. The summed E-state index contributed by atoms with van der Waals surface area (Å²) in [5.74, 6) is 0. The van der Waals surface area contributed by atoms with Crippen LogP contribution in [0.25, 0.3) is 0 Å². The van der Waals surface area contributed by atoms with Crippen molar-refractivity contribution in [3.8, 4) is 0 Å². The number of rotatable bonds is 0. The van der Waals surface area contributed by atoms with Crippen molar-refractivity contribution in [2.45, 2.75) is 37.9 Å². The van der Waals surface area contributed by atoms with Crippen LogP contribution in [-0.2, 0) is 0 Å². The van der Waals surface area contributed by atoms with Crippen LogP contribution >= 0.6 is 0 Å². The normalized spacial score (nSPS) is 28.1. The van der Waals surface area contributed by atoms with E-state index in [9.17, 15) is 13.2 Å². The van der Waals surface area contributed by atoms with Crippen molar-refractivity contribution in [1.29, 1.82) is 0 Å². The highest BCUT2D eigenvalue weighted by atomic mass is 19.4. The zero-order valence-corrected chi connectivity index (χ0v) is 6.25. The van der Waals surface area contributed by atoms with E-state index in [1.165, 1.54) is 0 Å². The molecular formula is C7H12F3N. The summed E-state index contributed by atoms with van der Waals surface area (Å²) in [6.07, 6.45) is -1.34. The fourth-order valence-electron chi connectivity index (χ4n) is 1.31. The third-order valence-corrected chi connectivity index (χ3v) is 1.96. The van der Waals surface area contributed by atoms with Gasteiger partial charge in [0.05, 0.1) is 0 Å². The maximum Gasteiger partial charge on any atom is 0.403 e. The molecule has 4 heteroatoms. The third kappa shape index (κ3) is 2.69. The van der Waals surface area contributed by atoms with Crippen LogP contribution in [0.2, 0.25) is 0 Å². The second kappa shape index (κ2) is 3.43. The summed E-state index contributed by atoms with van der Waals surface area (Å²) in [4.78, 5) is 0. The van der Waals surface area contributed by atoms with Gasteiger partial charge in [0.15, 0.2) is 0 Å². The zero-order valence-electron chi connectivity index (χ0n) is 6.25. The first kappa shape index (κ1) is 8.84. The van der Waals surface area contributed by atoms with Crippen LogP contribution in [0.15, 0.2) is 0 Å². The maximum atomic E-state index is 12.1. The molecule has 11 heavy (non-hydrogen) atoms. The molecule has 0 radical (unpaired) electrons. The molecule has 1 atom stereocenters. The summed E-state index contributed by atoms with van der Waals surface area (Å²) in [5, 5.41) is 2.50. The molecule has 0 unspecified atom stereocenters. The van der Waals surface area contributed by atoms with Crippen molar-refractivity contribution in [1.82, 2.24) is 5.32 Å². The van der Waals surface area contributed by atoms with Crippen LogP contribution in [0.1, 0.15) is 25.7 Å². The Morgan fingerprint density at radius 2 is 1.82 bits per heavy atom. The van der Waals surface area contributed by atoms with Crippen molar-refractivity contribution < 1.29 is 13.2 Å². The number of alkyl halides is 3. The van der Waals surface area contributed by atoms with Crippen LogP contribution in [0.3, 0.4) is 0 Å². The van der Waals surface area contributed by atoms with Gasteiger partial charge in [0, 0.05) is 0 Å². The molecule has 1 fully saturated rings. The Morgan fingerprint density at radius 3 is 2.45 bits per heavy atom. The Kier molecular flexibility index (Phi) is 2.76. The minimum absolute atomic E-state index is 0.240. The number of halogens is 3. The molecule has 0 aromatic carbocycles. The molecule has 0 bridgehead atoms. The van der Waals surface area contributed by atoms with Gasteiger partial charge < -0.3 is 5.32 Å². The lowest BCUT2D eigenvalue weighted by Crippen LogP contribution is -2.41. The smallest absolute Gasteiger partial charge is 0.306 e. The zero-order chi connectivity index (χ0) is 8.32. The van der Waals surface area contributed by atoms with E-state index in [0.29, 0.717) is 13.0 Å². The van der Waals surface area contributed by atoms with E-state index in [-0.39, 0.29) is 6.42 Å². The topological polar surface area (TPSA) is 12.0 Å². The van der Waals surface area contributed by atoms with Gasteiger partial charge in [-0.1, -0.05) is 12.8 Å². The lowest BCUT2D eigenvalue weighted by Gasteiger charge is -2.18. The number of nitrogens with one attached hydrogen (secondary N) is 1. The first-order valence-electron chi connectivity index (χ1n) is 3.91. The lowest BCUT2D eigenvalue weighted by atomic mass is 10.1. The minimum atomic E-state index is -4.05. The van der Waals surface area contributed by atoms with Gasteiger partial charge in [0.25, 0.3) is 0 Å². The predicted molar refractivity (Wildman–Crippen MR) is 36.3 cm³/mol. The van der Waals surface area contributed by atoms with E-state index in [2.05, 4.69) is 5.32 Å². The summed E-state index contributed by atoms with van der Waals surface area (Å²) in [7, 11) is 0. The van der Waals surface area contributed by atoms with Gasteiger partial charge in [-0.3, -0.25) is 0 Å². The average molecular weight is 167 g/mol. The molecule has 0 amide bonds. The Labute approximate surface area is 64.0 Å². The van der Waals surface area contributed by atoms with Gasteiger partial charge in [-0.25, -0.2) is 0 Å². The molecule has 0 saturated carbocycles. The van der Waals surface area contributed by atoms with E-state index < -0.39 is 12.2 Å². The number of hydrogen-bond acceptors (Lipinski definition) is 1. The molecule has 1 N–H and O–H groups in total. The second-order valence-corrected chi connectivity index (χ2v) is 2.90. The highest BCUT2D eigenvalue weighted by Crippen LogP contribution is 2.25. The fraction of sp³-hybridized carbons (Fsp3) is 1.00. The van der Waals surface area contributed by atoms with Crippen LogP contribution in [0.4, 0.5) is 13.2 Å². The maximum absolute atomic E-state index is 12.1. The first-order chi connectivity index (χ1) is 5.11. The molecule has 0 aromatic rings. The molecule has 1 aliphatic heterocycles. The van der Waals surface area contributed by atoms with Crippen molar-refractivity contribution in [2.75, 3.05) is 6.54 Å². The predicted octanol–water partition coefficient (Wildman–Crippen LogP) is 2.08. The van der Waals surface area contributed by atoms with E-state index in [1.807, 2.05) is 0 Å². The fourth-order valence-corrected chi connectivity index (χ4v) is 1.31. The standard InChI is InChI=1S/C7H12F3N/c8-7(9,10)6-4-2-1-3-5-11-6/h6,11H,1-5H2/t6-/m0/s1. The molecule has 1 heterocycles. The Bertz CT molecular complexity index is 113. The monoisotopic (exact) mass is 167 g/mol. The Morgan fingerprint density at radius 1 is 1.09 bits per heavy atom. The van der Waals surface area contributed by atoms with Crippen LogP contribution in [-0.4, -0.2) is 18.8 Å². The van der Waals surface area contributed by atoms with Crippen molar-refractivity contribution >= 4 is 0 Å². The van der Waals surface area contributed by atoms with E-state index in [0.717, 1.165) is 12.8 Å². The van der Waals surface area contributed by atoms with Gasteiger partial charge in [-0.15, -0.1) is 0 Å². The molecule has 0 spiro atoms. The Balaban J connectivity index is 2.43. The summed E-state index contributed by atoms with van der Waals surface area (Å²) >= 11 is 0. The SMILES string of the molecule is FC(F)(F)[C@@H]1CCCCCN1. The lowest BCUT2D eigenvalue weighted by molar-refractivity contribution is -0.156. The van der Waals surface area contributed by atoms with Crippen molar-refractivity contribution in [2.24, 2.45) is 0 Å². The summed E-state index contributed by atoms with van der Waals surface area (Å²) in [5.41, 5.74) is 0. The van der Waals surface area contributed by atoms with Crippen molar-refractivity contribution in [3.05, 3.63) is 0 Å². The third-order valence-electron chi connectivity index (χ3n) is 1.96. The van der Waals surface area contributed by atoms with Crippen LogP contribution in [0, 0.1) is 0 Å². The largest absolute Gasteiger partial charge is 0.403 e. The molecule has 1 nitrogen and oxygen atoms in total. The quantitative estimate of drug-likeness (QED) is 0.582. The summed E-state index contributed by atoms with van der Waals surface area (Å²) in [6, 6.07) is -1.26. The van der Waals surface area contributed by atoms with Gasteiger partial charge in [-0.2, -0.15) is 13.2 Å². The summed E-state index contributed by atoms with van der Waals surface area (Å²) < 4.78 is 36.2. The summed E-state index contributed by atoms with van der Waals surface area (Å²) in [6.45, 7) is 0.504. The second-order valence-electron chi connectivity index (χ2n) is 2.90. The van der Waals surface area contributed by atoms with Crippen molar-refractivity contribution in [3.63, 3.8) is 0 Å². The highest BCUT2D eigenvalue weighted by Gasteiger charge is 2.38. The van der Waals surface area contributed by atoms with Crippen LogP contribution in [0.5, 0.6) is 0 Å². The minimum Gasteiger partial charge on any atom is -0.306 e. The van der Waals surface area contributed by atoms with Crippen LogP contribution < -0.4 is 5.32 Å². The average Bonchev–Trinajstić information content (AvgIpc) is 2.10. The highest BCUT2D eigenvalue weighted by molar-refractivity contribution is 4.77. The molecule has 0 aliphatic carbocycles. The van der Waals surface area contributed by atoms with E-state index in [1.54, 1.807) is 0 Å². The molecule has 1 rings (SSSR count).